The zero-order valence-corrected chi connectivity index (χ0v) is 7.58. The molecule has 0 aliphatic carbocycles. The Hall–Kier alpha value is -0.160. The molecular weight excluding hydrogens is 241 g/mol. The molecule has 0 aliphatic rings. The van der Waals surface area contributed by atoms with Crippen LogP contribution >= 0.6 is 22.6 Å². The summed E-state index contributed by atoms with van der Waals surface area (Å²) in [6, 6.07) is 3.91. The molecule has 0 aliphatic heterocycles. The van der Waals surface area contributed by atoms with Gasteiger partial charge in [-0.2, -0.15) is 0 Å². The number of nitrogens with zero attached hydrogens (tertiary/aromatic N) is 1. The molecule has 1 heterocycles. The van der Waals surface area contributed by atoms with Crippen molar-refractivity contribution >= 4 is 22.6 Å². The minimum atomic E-state index is 0.197. The van der Waals surface area contributed by atoms with Gasteiger partial charge in [0.05, 0.1) is 0 Å². The van der Waals surface area contributed by atoms with Gasteiger partial charge in [0, 0.05) is 12.8 Å². The van der Waals surface area contributed by atoms with Crippen LogP contribution < -0.4 is 0 Å². The third kappa shape index (κ3) is 2.22. The van der Waals surface area contributed by atoms with Crippen molar-refractivity contribution in [3.63, 3.8) is 0 Å². The fourth-order valence-corrected chi connectivity index (χ4v) is 1.00. The molecular formula is C7H8INO. The van der Waals surface area contributed by atoms with Crippen LogP contribution in [0.2, 0.25) is 0 Å². The summed E-state index contributed by atoms with van der Waals surface area (Å²) < 4.78 is 0.985. The van der Waals surface area contributed by atoms with E-state index in [-0.39, 0.29) is 6.61 Å². The van der Waals surface area contributed by atoms with Gasteiger partial charge in [0.15, 0.2) is 0 Å². The van der Waals surface area contributed by atoms with Crippen molar-refractivity contribution in [2.24, 2.45) is 0 Å². The summed E-state index contributed by atoms with van der Waals surface area (Å²) in [5, 5.41) is 8.56. The molecule has 0 radical (unpaired) electrons. The molecule has 1 aromatic rings. The number of aromatic nitrogens is 1. The standard InChI is InChI=1S/C7H8INO/c8-7-2-1-6(3-4-10)5-9-7/h1-2,5,10H,3-4H2. The maximum atomic E-state index is 8.56. The summed E-state index contributed by atoms with van der Waals surface area (Å²) in [6.07, 6.45) is 2.49. The minimum Gasteiger partial charge on any atom is -0.396 e. The summed E-state index contributed by atoms with van der Waals surface area (Å²) in [5.74, 6) is 0. The maximum Gasteiger partial charge on any atom is 0.101 e. The van der Waals surface area contributed by atoms with Crippen molar-refractivity contribution in [1.29, 1.82) is 0 Å². The molecule has 10 heavy (non-hydrogen) atoms. The topological polar surface area (TPSA) is 33.1 Å². The predicted octanol–water partition coefficient (Wildman–Crippen LogP) is 1.22. The summed E-state index contributed by atoms with van der Waals surface area (Å²) in [4.78, 5) is 4.07. The molecule has 1 aromatic heterocycles. The molecule has 0 unspecified atom stereocenters. The second-order valence-corrected chi connectivity index (χ2v) is 3.07. The van der Waals surface area contributed by atoms with Gasteiger partial charge >= 0.3 is 0 Å². The van der Waals surface area contributed by atoms with E-state index in [0.29, 0.717) is 6.42 Å². The normalized spacial score (nSPS) is 9.80. The van der Waals surface area contributed by atoms with Crippen LogP contribution in [0.15, 0.2) is 18.3 Å². The van der Waals surface area contributed by atoms with E-state index in [2.05, 4.69) is 27.6 Å². The van der Waals surface area contributed by atoms with Gasteiger partial charge in [-0.05, 0) is 40.6 Å². The van der Waals surface area contributed by atoms with Gasteiger partial charge in [0.2, 0.25) is 0 Å². The molecule has 0 bridgehead atoms. The highest BCUT2D eigenvalue weighted by Crippen LogP contribution is 2.02. The summed E-state index contributed by atoms with van der Waals surface area (Å²) >= 11 is 2.15. The van der Waals surface area contributed by atoms with E-state index >= 15 is 0 Å². The van der Waals surface area contributed by atoms with Crippen molar-refractivity contribution in [2.45, 2.75) is 6.42 Å². The van der Waals surface area contributed by atoms with E-state index < -0.39 is 0 Å². The van der Waals surface area contributed by atoms with Crippen LogP contribution in [0.4, 0.5) is 0 Å². The number of pyridine rings is 1. The predicted molar refractivity (Wildman–Crippen MR) is 47.7 cm³/mol. The lowest BCUT2D eigenvalue weighted by atomic mass is 10.2. The number of aliphatic hydroxyl groups excluding tert-OH is 1. The average molecular weight is 249 g/mol. The highest BCUT2D eigenvalue weighted by Gasteiger charge is 1.90. The molecule has 0 fully saturated rings. The quantitative estimate of drug-likeness (QED) is 0.631. The molecule has 0 atom stereocenters. The zero-order chi connectivity index (χ0) is 7.40. The van der Waals surface area contributed by atoms with E-state index in [1.54, 1.807) is 6.20 Å². The maximum absolute atomic E-state index is 8.56. The minimum absolute atomic E-state index is 0.197. The van der Waals surface area contributed by atoms with Crippen molar-refractivity contribution < 1.29 is 5.11 Å². The Labute approximate surface area is 73.4 Å². The summed E-state index contributed by atoms with van der Waals surface area (Å²) in [5.41, 5.74) is 1.09. The van der Waals surface area contributed by atoms with Gasteiger partial charge in [0.1, 0.15) is 3.70 Å². The van der Waals surface area contributed by atoms with Crippen LogP contribution in [-0.2, 0) is 6.42 Å². The monoisotopic (exact) mass is 249 g/mol. The molecule has 1 rings (SSSR count). The van der Waals surface area contributed by atoms with Gasteiger partial charge in [-0.15, -0.1) is 0 Å². The molecule has 1 N–H and O–H groups in total. The highest BCUT2D eigenvalue weighted by molar-refractivity contribution is 14.1. The smallest absolute Gasteiger partial charge is 0.101 e. The zero-order valence-electron chi connectivity index (χ0n) is 5.42. The van der Waals surface area contributed by atoms with Crippen molar-refractivity contribution in [3.05, 3.63) is 27.6 Å². The molecule has 3 heteroatoms. The molecule has 0 saturated heterocycles. The molecule has 54 valence electrons. The Morgan fingerprint density at radius 3 is 2.80 bits per heavy atom. The van der Waals surface area contributed by atoms with Crippen LogP contribution in [0.5, 0.6) is 0 Å². The lowest BCUT2D eigenvalue weighted by molar-refractivity contribution is 0.299. The van der Waals surface area contributed by atoms with Crippen molar-refractivity contribution in [2.75, 3.05) is 6.61 Å². The number of hydrogen-bond acceptors (Lipinski definition) is 2. The van der Waals surface area contributed by atoms with Crippen LogP contribution in [0.25, 0.3) is 0 Å². The second-order valence-electron chi connectivity index (χ2n) is 1.96. The number of aliphatic hydroxyl groups is 1. The van der Waals surface area contributed by atoms with Gasteiger partial charge < -0.3 is 5.11 Å². The van der Waals surface area contributed by atoms with Crippen molar-refractivity contribution in [1.82, 2.24) is 4.98 Å². The molecule has 0 saturated carbocycles. The Morgan fingerprint density at radius 2 is 2.30 bits per heavy atom. The Morgan fingerprint density at radius 1 is 1.50 bits per heavy atom. The van der Waals surface area contributed by atoms with Gasteiger partial charge in [-0.1, -0.05) is 6.07 Å². The number of hydrogen-bond donors (Lipinski definition) is 1. The third-order valence-corrected chi connectivity index (χ3v) is 1.83. The summed E-state index contributed by atoms with van der Waals surface area (Å²) in [7, 11) is 0. The molecule has 0 aromatic carbocycles. The van der Waals surface area contributed by atoms with E-state index in [4.69, 9.17) is 5.11 Å². The average Bonchev–Trinajstić information content (AvgIpc) is 1.95. The van der Waals surface area contributed by atoms with Crippen molar-refractivity contribution in [3.8, 4) is 0 Å². The fourth-order valence-electron chi connectivity index (χ4n) is 0.683. The Kier molecular flexibility index (Phi) is 3.08. The fraction of sp³-hybridized carbons (Fsp3) is 0.286. The first-order chi connectivity index (χ1) is 4.83. The second kappa shape index (κ2) is 3.88. The van der Waals surface area contributed by atoms with E-state index in [1.807, 2.05) is 12.1 Å². The van der Waals surface area contributed by atoms with Gasteiger partial charge in [-0.3, -0.25) is 4.98 Å². The first-order valence-corrected chi connectivity index (χ1v) is 4.12. The number of halogens is 1. The summed E-state index contributed by atoms with van der Waals surface area (Å²) in [6.45, 7) is 0.197. The highest BCUT2D eigenvalue weighted by atomic mass is 127. The van der Waals surface area contributed by atoms with Crippen LogP contribution in [-0.4, -0.2) is 16.7 Å². The Balaban J connectivity index is 2.69. The lowest BCUT2D eigenvalue weighted by Gasteiger charge is -1.95. The largest absolute Gasteiger partial charge is 0.396 e. The Bertz CT molecular complexity index is 197. The SMILES string of the molecule is OCCc1ccc(I)nc1. The van der Waals surface area contributed by atoms with Gasteiger partial charge in [0.25, 0.3) is 0 Å². The van der Waals surface area contributed by atoms with Crippen LogP contribution in [0, 0.1) is 3.70 Å². The van der Waals surface area contributed by atoms with Crippen LogP contribution in [0.1, 0.15) is 5.56 Å². The first kappa shape index (κ1) is 7.94. The molecule has 2 nitrogen and oxygen atoms in total. The van der Waals surface area contributed by atoms with E-state index in [9.17, 15) is 0 Å². The van der Waals surface area contributed by atoms with Gasteiger partial charge in [-0.25, -0.2) is 0 Å². The number of rotatable bonds is 2. The van der Waals surface area contributed by atoms with Crippen LogP contribution in [0.3, 0.4) is 0 Å². The van der Waals surface area contributed by atoms with E-state index in [0.717, 1.165) is 9.26 Å². The molecule has 0 amide bonds. The van der Waals surface area contributed by atoms with E-state index in [1.165, 1.54) is 0 Å². The third-order valence-electron chi connectivity index (χ3n) is 1.19. The first-order valence-electron chi connectivity index (χ1n) is 3.04. The molecule has 0 spiro atoms. The lowest BCUT2D eigenvalue weighted by Crippen LogP contribution is -1.91.